The molecule has 0 aromatic carbocycles. The topological polar surface area (TPSA) is 44.5 Å². The molecule has 1 aliphatic heterocycles. The second-order valence-electron chi connectivity index (χ2n) is 4.49. The van der Waals surface area contributed by atoms with E-state index in [9.17, 15) is 0 Å². The maximum Gasteiger partial charge on any atom is 0.225 e. The molecule has 0 spiro atoms. The first kappa shape index (κ1) is 11.4. The van der Waals surface area contributed by atoms with Gasteiger partial charge in [0.1, 0.15) is 5.76 Å². The molecule has 2 aromatic heterocycles. The van der Waals surface area contributed by atoms with E-state index in [2.05, 4.69) is 4.98 Å². The highest BCUT2D eigenvalue weighted by Gasteiger charge is 2.36. The van der Waals surface area contributed by atoms with E-state index in [1.165, 1.54) is 0 Å². The molecule has 18 heavy (non-hydrogen) atoms. The minimum atomic E-state index is -0.750. The summed E-state index contributed by atoms with van der Waals surface area (Å²) in [5.41, 5.74) is 1.97. The van der Waals surface area contributed by atoms with E-state index >= 15 is 0 Å². The Morgan fingerprint density at radius 3 is 2.67 bits per heavy atom. The van der Waals surface area contributed by atoms with E-state index < -0.39 is 5.79 Å². The Morgan fingerprint density at radius 1 is 1.17 bits per heavy atom. The fourth-order valence-electron chi connectivity index (χ4n) is 2.09. The second-order valence-corrected chi connectivity index (χ2v) is 4.49. The van der Waals surface area contributed by atoms with Gasteiger partial charge in [-0.2, -0.15) is 0 Å². The van der Waals surface area contributed by atoms with Crippen molar-refractivity contribution in [3.63, 3.8) is 0 Å². The average Bonchev–Trinajstić information content (AvgIpc) is 2.98. The van der Waals surface area contributed by atoms with Crippen LogP contribution < -0.4 is 0 Å². The summed E-state index contributed by atoms with van der Waals surface area (Å²) in [4.78, 5) is 4.17. The van der Waals surface area contributed by atoms with Gasteiger partial charge in [0.25, 0.3) is 0 Å². The maximum atomic E-state index is 5.83. The van der Waals surface area contributed by atoms with E-state index in [0.717, 1.165) is 17.0 Å². The van der Waals surface area contributed by atoms with Gasteiger partial charge in [0.2, 0.25) is 5.79 Å². The van der Waals surface area contributed by atoms with Crippen LogP contribution in [0.5, 0.6) is 0 Å². The van der Waals surface area contributed by atoms with Crippen LogP contribution in [0.25, 0.3) is 11.3 Å². The molecule has 1 fully saturated rings. The average molecular weight is 245 g/mol. The second kappa shape index (κ2) is 4.23. The van der Waals surface area contributed by atoms with Crippen molar-refractivity contribution in [1.29, 1.82) is 0 Å². The van der Waals surface area contributed by atoms with E-state index in [1.807, 2.05) is 38.1 Å². The van der Waals surface area contributed by atoms with Gasteiger partial charge in [-0.3, -0.25) is 4.98 Å². The zero-order chi connectivity index (χ0) is 12.6. The quantitative estimate of drug-likeness (QED) is 0.816. The third kappa shape index (κ3) is 1.94. The minimum Gasteiger partial charge on any atom is -0.455 e. The molecule has 4 nitrogen and oxygen atoms in total. The van der Waals surface area contributed by atoms with Gasteiger partial charge in [0, 0.05) is 17.5 Å². The number of ether oxygens (including phenoxy) is 2. The third-order valence-corrected chi connectivity index (χ3v) is 3.07. The molecule has 0 saturated carbocycles. The Labute approximate surface area is 106 Å². The van der Waals surface area contributed by atoms with Crippen LogP contribution in [0.2, 0.25) is 0 Å². The van der Waals surface area contributed by atoms with Crippen LogP contribution >= 0.6 is 0 Å². The first-order valence-electron chi connectivity index (χ1n) is 5.99. The smallest absolute Gasteiger partial charge is 0.225 e. The molecule has 0 N–H and O–H groups in total. The zero-order valence-electron chi connectivity index (χ0n) is 10.5. The molecule has 0 unspecified atom stereocenters. The van der Waals surface area contributed by atoms with Crippen molar-refractivity contribution < 1.29 is 13.9 Å². The predicted octanol–water partition coefficient (Wildman–Crippen LogP) is 2.87. The highest BCUT2D eigenvalue weighted by atomic mass is 16.7. The zero-order valence-corrected chi connectivity index (χ0v) is 10.5. The van der Waals surface area contributed by atoms with Crippen LogP contribution in [0.1, 0.15) is 18.4 Å². The molecule has 1 aliphatic rings. The van der Waals surface area contributed by atoms with Gasteiger partial charge in [-0.15, -0.1) is 0 Å². The van der Waals surface area contributed by atoms with Crippen LogP contribution in [0.15, 0.2) is 34.9 Å². The van der Waals surface area contributed by atoms with Crippen LogP contribution in [0.3, 0.4) is 0 Å². The van der Waals surface area contributed by atoms with Gasteiger partial charge in [-0.1, -0.05) is 0 Å². The standard InChI is InChI=1S/C14H15NO3/c1-10-9-11(5-6-15-10)12-3-4-13(18-12)14(2)16-7-8-17-14/h3-6,9H,7-8H2,1-2H3. The summed E-state index contributed by atoms with van der Waals surface area (Å²) in [6.07, 6.45) is 1.77. The molecule has 3 heterocycles. The van der Waals surface area contributed by atoms with Crippen molar-refractivity contribution in [3.05, 3.63) is 41.9 Å². The summed E-state index contributed by atoms with van der Waals surface area (Å²) in [5.74, 6) is 0.751. The molecule has 94 valence electrons. The van der Waals surface area contributed by atoms with Gasteiger partial charge in [0.15, 0.2) is 5.76 Å². The predicted molar refractivity (Wildman–Crippen MR) is 65.9 cm³/mol. The molecular formula is C14H15NO3. The first-order valence-corrected chi connectivity index (χ1v) is 5.99. The largest absolute Gasteiger partial charge is 0.455 e. The Kier molecular flexibility index (Phi) is 2.69. The van der Waals surface area contributed by atoms with Gasteiger partial charge < -0.3 is 13.9 Å². The number of furan rings is 1. The van der Waals surface area contributed by atoms with Crippen LogP contribution in [-0.4, -0.2) is 18.2 Å². The van der Waals surface area contributed by atoms with Crippen LogP contribution in [-0.2, 0) is 15.3 Å². The lowest BCUT2D eigenvalue weighted by Crippen LogP contribution is -2.21. The number of nitrogens with zero attached hydrogens (tertiary/aromatic N) is 1. The molecule has 2 aromatic rings. The molecule has 0 bridgehead atoms. The number of hydrogen-bond acceptors (Lipinski definition) is 4. The summed E-state index contributed by atoms with van der Waals surface area (Å²) < 4.78 is 17.0. The number of aryl methyl sites for hydroxylation is 1. The van der Waals surface area contributed by atoms with Gasteiger partial charge in [-0.05, 0) is 38.1 Å². The molecule has 0 aliphatic carbocycles. The van der Waals surface area contributed by atoms with Crippen molar-refractivity contribution in [2.24, 2.45) is 0 Å². The molecule has 0 amide bonds. The highest BCUT2D eigenvalue weighted by Crippen LogP contribution is 2.34. The summed E-state index contributed by atoms with van der Waals surface area (Å²) in [5, 5.41) is 0. The fourth-order valence-corrected chi connectivity index (χ4v) is 2.09. The molecule has 1 saturated heterocycles. The molecule has 3 rings (SSSR count). The van der Waals surface area contributed by atoms with Gasteiger partial charge >= 0.3 is 0 Å². The van der Waals surface area contributed by atoms with Crippen molar-refractivity contribution in [2.45, 2.75) is 19.6 Å². The van der Waals surface area contributed by atoms with Crippen molar-refractivity contribution >= 4 is 0 Å². The van der Waals surface area contributed by atoms with Gasteiger partial charge in [-0.25, -0.2) is 0 Å². The Bertz CT molecular complexity index is 556. The molecule has 0 radical (unpaired) electrons. The summed E-state index contributed by atoms with van der Waals surface area (Å²) in [6.45, 7) is 5.03. The molecular weight excluding hydrogens is 230 g/mol. The lowest BCUT2D eigenvalue weighted by Gasteiger charge is -2.18. The molecule has 0 atom stereocenters. The van der Waals surface area contributed by atoms with E-state index in [0.29, 0.717) is 19.0 Å². The van der Waals surface area contributed by atoms with Gasteiger partial charge in [0.05, 0.1) is 13.2 Å². The Balaban J connectivity index is 1.94. The lowest BCUT2D eigenvalue weighted by atomic mass is 10.2. The normalized spacial score (nSPS) is 18.1. The number of pyridine rings is 1. The number of aromatic nitrogens is 1. The highest BCUT2D eigenvalue weighted by molar-refractivity contribution is 5.57. The minimum absolute atomic E-state index is 0.598. The first-order chi connectivity index (χ1) is 8.67. The van der Waals surface area contributed by atoms with E-state index in [4.69, 9.17) is 13.9 Å². The Morgan fingerprint density at radius 2 is 1.94 bits per heavy atom. The molecule has 4 heteroatoms. The number of rotatable bonds is 2. The van der Waals surface area contributed by atoms with E-state index in [-0.39, 0.29) is 0 Å². The monoisotopic (exact) mass is 245 g/mol. The summed E-state index contributed by atoms with van der Waals surface area (Å²) >= 11 is 0. The maximum absolute atomic E-state index is 5.83. The fraction of sp³-hybridized carbons (Fsp3) is 0.357. The SMILES string of the molecule is Cc1cc(-c2ccc(C3(C)OCCO3)o2)ccn1. The summed E-state index contributed by atoms with van der Waals surface area (Å²) in [6, 6.07) is 7.74. The third-order valence-electron chi connectivity index (χ3n) is 3.07. The van der Waals surface area contributed by atoms with Crippen molar-refractivity contribution in [3.8, 4) is 11.3 Å². The van der Waals surface area contributed by atoms with Crippen LogP contribution in [0, 0.1) is 6.92 Å². The van der Waals surface area contributed by atoms with Crippen molar-refractivity contribution in [2.75, 3.05) is 13.2 Å². The number of hydrogen-bond donors (Lipinski definition) is 0. The van der Waals surface area contributed by atoms with Crippen molar-refractivity contribution in [1.82, 2.24) is 4.98 Å². The Hall–Kier alpha value is -1.65. The van der Waals surface area contributed by atoms with Crippen LogP contribution in [0.4, 0.5) is 0 Å². The van der Waals surface area contributed by atoms with E-state index in [1.54, 1.807) is 6.20 Å². The lowest BCUT2D eigenvalue weighted by molar-refractivity contribution is -0.162. The summed E-state index contributed by atoms with van der Waals surface area (Å²) in [7, 11) is 0.